The van der Waals surface area contributed by atoms with E-state index in [4.69, 9.17) is 16.3 Å². The number of aliphatic hydroxyl groups excluding tert-OH is 1. The van der Waals surface area contributed by atoms with E-state index in [2.05, 4.69) is 15.9 Å². The number of hydrogen-bond acceptors (Lipinski definition) is 2. The second-order valence-electron chi connectivity index (χ2n) is 4.29. The van der Waals surface area contributed by atoms with E-state index >= 15 is 0 Å². The average molecular weight is 360 g/mol. The summed E-state index contributed by atoms with van der Waals surface area (Å²) in [5, 5.41) is 9.74. The van der Waals surface area contributed by atoms with Gasteiger partial charge in [-0.2, -0.15) is 0 Å². The molecule has 0 bridgehead atoms. The molecule has 0 radical (unpaired) electrons. The largest absolute Gasteiger partial charge is 0.456 e. The van der Waals surface area contributed by atoms with Gasteiger partial charge in [0.25, 0.3) is 0 Å². The number of hydrogen-bond donors (Lipinski definition) is 1. The van der Waals surface area contributed by atoms with E-state index in [-0.39, 0.29) is 5.02 Å². The molecule has 1 unspecified atom stereocenters. The smallest absolute Gasteiger partial charge is 0.145 e. The number of ether oxygens (including phenoxy) is 1. The molecule has 0 spiro atoms. The summed E-state index contributed by atoms with van der Waals surface area (Å²) in [6, 6.07) is 9.69. The third-order valence-corrected chi connectivity index (χ3v) is 3.76. The molecule has 0 amide bonds. The van der Waals surface area contributed by atoms with Gasteiger partial charge in [-0.25, -0.2) is 4.39 Å². The standard InChI is InChI=1S/C15H13BrClFO2/c1-2-14(19)9-3-5-10(6-4-9)20-15-8-13(18)12(17)7-11(15)16/h3-8,14,19H,2H2,1H3. The zero-order valence-corrected chi connectivity index (χ0v) is 13.1. The van der Waals surface area contributed by atoms with Gasteiger partial charge in [-0.3, -0.25) is 0 Å². The Kier molecular flexibility index (Phi) is 5.02. The first kappa shape index (κ1) is 15.3. The molecule has 2 aromatic carbocycles. The van der Waals surface area contributed by atoms with E-state index in [0.717, 1.165) is 5.56 Å². The average Bonchev–Trinajstić information content (AvgIpc) is 2.44. The summed E-state index contributed by atoms with van der Waals surface area (Å²) in [5.74, 6) is 0.359. The molecule has 5 heteroatoms. The molecule has 0 saturated carbocycles. The van der Waals surface area contributed by atoms with E-state index in [1.54, 1.807) is 24.3 Å². The third kappa shape index (κ3) is 3.51. The lowest BCUT2D eigenvalue weighted by Crippen LogP contribution is -1.95. The van der Waals surface area contributed by atoms with Gasteiger partial charge in [-0.1, -0.05) is 30.7 Å². The summed E-state index contributed by atoms with van der Waals surface area (Å²) >= 11 is 8.94. The maximum absolute atomic E-state index is 13.4. The normalized spacial score (nSPS) is 12.2. The molecular weight excluding hydrogens is 347 g/mol. The Morgan fingerprint density at radius 1 is 1.30 bits per heavy atom. The molecule has 0 aliphatic carbocycles. The van der Waals surface area contributed by atoms with Gasteiger partial charge < -0.3 is 9.84 Å². The minimum Gasteiger partial charge on any atom is -0.456 e. The zero-order valence-electron chi connectivity index (χ0n) is 10.7. The molecule has 106 valence electrons. The second-order valence-corrected chi connectivity index (χ2v) is 5.55. The van der Waals surface area contributed by atoms with Crippen molar-refractivity contribution in [2.24, 2.45) is 0 Å². The monoisotopic (exact) mass is 358 g/mol. The van der Waals surface area contributed by atoms with E-state index in [1.807, 2.05) is 6.92 Å². The van der Waals surface area contributed by atoms with Crippen molar-refractivity contribution in [3.05, 3.63) is 57.3 Å². The highest BCUT2D eigenvalue weighted by Gasteiger charge is 2.10. The molecule has 0 fully saturated rings. The third-order valence-electron chi connectivity index (χ3n) is 2.85. The maximum atomic E-state index is 13.4. The van der Waals surface area contributed by atoms with E-state index in [1.165, 1.54) is 12.1 Å². The fraction of sp³-hybridized carbons (Fsp3) is 0.200. The van der Waals surface area contributed by atoms with Gasteiger partial charge in [0.2, 0.25) is 0 Å². The molecule has 0 aliphatic rings. The molecule has 0 aromatic heterocycles. The van der Waals surface area contributed by atoms with Gasteiger partial charge in [-0.05, 0) is 46.1 Å². The van der Waals surface area contributed by atoms with Crippen LogP contribution in [-0.4, -0.2) is 5.11 Å². The van der Waals surface area contributed by atoms with Gasteiger partial charge in [-0.15, -0.1) is 0 Å². The lowest BCUT2D eigenvalue weighted by molar-refractivity contribution is 0.173. The molecule has 0 aliphatic heterocycles. The van der Waals surface area contributed by atoms with Crippen molar-refractivity contribution in [3.63, 3.8) is 0 Å². The highest BCUT2D eigenvalue weighted by Crippen LogP contribution is 2.34. The predicted octanol–water partition coefficient (Wildman–Crippen LogP) is 5.48. The lowest BCUT2D eigenvalue weighted by Gasteiger charge is -2.11. The molecule has 2 aromatic rings. The van der Waals surface area contributed by atoms with Gasteiger partial charge in [0, 0.05) is 6.07 Å². The number of halogens is 3. The quantitative estimate of drug-likeness (QED) is 0.733. The second kappa shape index (κ2) is 6.57. The minimum absolute atomic E-state index is 0.0330. The summed E-state index contributed by atoms with van der Waals surface area (Å²) in [4.78, 5) is 0. The molecule has 0 heterocycles. The van der Waals surface area contributed by atoms with Crippen molar-refractivity contribution >= 4 is 27.5 Å². The highest BCUT2D eigenvalue weighted by atomic mass is 79.9. The van der Waals surface area contributed by atoms with Crippen molar-refractivity contribution < 1.29 is 14.2 Å². The van der Waals surface area contributed by atoms with Crippen molar-refractivity contribution in [3.8, 4) is 11.5 Å². The fourth-order valence-corrected chi connectivity index (χ4v) is 2.42. The predicted molar refractivity (Wildman–Crippen MR) is 80.9 cm³/mol. The van der Waals surface area contributed by atoms with Gasteiger partial charge in [0.05, 0.1) is 15.6 Å². The van der Waals surface area contributed by atoms with Crippen molar-refractivity contribution in [2.75, 3.05) is 0 Å². The van der Waals surface area contributed by atoms with Crippen LogP contribution in [0.5, 0.6) is 11.5 Å². The molecule has 1 N–H and O–H groups in total. The molecule has 0 saturated heterocycles. The number of benzene rings is 2. The van der Waals surface area contributed by atoms with Crippen LogP contribution < -0.4 is 4.74 Å². The topological polar surface area (TPSA) is 29.5 Å². The van der Waals surface area contributed by atoms with Crippen LogP contribution in [0.1, 0.15) is 25.0 Å². The van der Waals surface area contributed by atoms with Gasteiger partial charge >= 0.3 is 0 Å². The first-order valence-electron chi connectivity index (χ1n) is 6.11. The SMILES string of the molecule is CCC(O)c1ccc(Oc2cc(F)c(Cl)cc2Br)cc1. The molecular formula is C15H13BrClFO2. The summed E-state index contributed by atoms with van der Waals surface area (Å²) in [6.07, 6.45) is 0.164. The van der Waals surface area contributed by atoms with Crippen LogP contribution in [-0.2, 0) is 0 Å². The van der Waals surface area contributed by atoms with Gasteiger partial charge in [0.15, 0.2) is 0 Å². The van der Waals surface area contributed by atoms with Crippen molar-refractivity contribution in [2.45, 2.75) is 19.4 Å². The van der Waals surface area contributed by atoms with Crippen molar-refractivity contribution in [1.82, 2.24) is 0 Å². The molecule has 2 nitrogen and oxygen atoms in total. The summed E-state index contributed by atoms with van der Waals surface area (Å²) in [6.45, 7) is 1.91. The minimum atomic E-state index is -0.539. The van der Waals surface area contributed by atoms with Crippen LogP contribution in [0.4, 0.5) is 4.39 Å². The van der Waals surface area contributed by atoms with Crippen LogP contribution in [0.15, 0.2) is 40.9 Å². The van der Waals surface area contributed by atoms with Gasteiger partial charge in [0.1, 0.15) is 17.3 Å². The summed E-state index contributed by atoms with van der Waals surface area (Å²) in [7, 11) is 0. The van der Waals surface area contributed by atoms with Crippen LogP contribution in [0.25, 0.3) is 0 Å². The molecule has 20 heavy (non-hydrogen) atoms. The van der Waals surface area contributed by atoms with E-state index < -0.39 is 11.9 Å². The summed E-state index contributed by atoms with van der Waals surface area (Å²) in [5.41, 5.74) is 0.821. The Labute approximate surface area is 130 Å². The maximum Gasteiger partial charge on any atom is 0.145 e. The lowest BCUT2D eigenvalue weighted by atomic mass is 10.1. The van der Waals surface area contributed by atoms with Crippen LogP contribution in [0.3, 0.4) is 0 Å². The zero-order chi connectivity index (χ0) is 14.7. The van der Waals surface area contributed by atoms with Crippen LogP contribution >= 0.6 is 27.5 Å². The Morgan fingerprint density at radius 2 is 1.95 bits per heavy atom. The van der Waals surface area contributed by atoms with E-state index in [9.17, 15) is 9.50 Å². The number of aliphatic hydroxyl groups is 1. The first-order valence-corrected chi connectivity index (χ1v) is 7.28. The van der Waals surface area contributed by atoms with E-state index in [0.29, 0.717) is 22.4 Å². The van der Waals surface area contributed by atoms with Crippen LogP contribution in [0.2, 0.25) is 5.02 Å². The fourth-order valence-electron chi connectivity index (χ4n) is 1.70. The highest BCUT2D eigenvalue weighted by molar-refractivity contribution is 9.10. The van der Waals surface area contributed by atoms with Crippen molar-refractivity contribution in [1.29, 1.82) is 0 Å². The van der Waals surface area contributed by atoms with Crippen LogP contribution in [0, 0.1) is 5.82 Å². The Balaban J connectivity index is 2.20. The summed E-state index contributed by atoms with van der Waals surface area (Å²) < 4.78 is 19.6. The number of rotatable bonds is 4. The Hall–Kier alpha value is -1.10. The molecule has 1 atom stereocenters. The first-order chi connectivity index (χ1) is 9.51. The Morgan fingerprint density at radius 3 is 2.55 bits per heavy atom. The molecule has 2 rings (SSSR count). The Bertz CT molecular complexity index is 602.